The highest BCUT2D eigenvalue weighted by molar-refractivity contribution is 6.68. The maximum absolute atomic E-state index is 13.1. The Morgan fingerprint density at radius 3 is 2.80 bits per heavy atom. The number of carbonyl (C=O) groups excluding carboxylic acids is 1. The van der Waals surface area contributed by atoms with Crippen LogP contribution in [-0.4, -0.2) is 24.0 Å². The molecule has 0 aromatic heterocycles. The molecule has 0 fully saturated rings. The minimum Gasteiger partial charge on any atom is -0.463 e. The number of esters is 1. The Labute approximate surface area is 93.3 Å². The Bertz CT molecular complexity index is 289. The second-order valence-corrected chi connectivity index (χ2v) is 3.01. The van der Waals surface area contributed by atoms with Crippen molar-refractivity contribution in [2.45, 2.75) is 19.6 Å². The zero-order valence-electron chi connectivity index (χ0n) is 8.50. The number of hydrogen-bond donors (Lipinski definition) is 0. The number of aliphatic imine (C=N–C) groups is 1. The highest BCUT2D eigenvalue weighted by Crippen LogP contribution is 2.11. The normalized spacial score (nSPS) is 13.1. The molecule has 0 heterocycles. The van der Waals surface area contributed by atoms with E-state index < -0.39 is 12.3 Å². The van der Waals surface area contributed by atoms with E-state index in [9.17, 15) is 9.18 Å². The summed E-state index contributed by atoms with van der Waals surface area (Å²) in [6.45, 7) is 8.59. The van der Waals surface area contributed by atoms with E-state index in [1.165, 1.54) is 6.08 Å². The molecule has 0 rings (SSSR count). The monoisotopic (exact) mass is 233 g/mol. The van der Waals surface area contributed by atoms with Gasteiger partial charge in [0.05, 0.1) is 6.61 Å². The van der Waals surface area contributed by atoms with Crippen LogP contribution in [0.2, 0.25) is 0 Å². The third-order valence-corrected chi connectivity index (χ3v) is 1.66. The quantitative estimate of drug-likeness (QED) is 0.306. The molecule has 0 aromatic rings. The molecular weight excluding hydrogens is 221 g/mol. The fraction of sp³-hybridized carbons (Fsp3) is 0.400. The van der Waals surface area contributed by atoms with Crippen molar-refractivity contribution in [3.05, 3.63) is 24.8 Å². The molecule has 5 heteroatoms. The molecule has 0 amide bonds. The predicted molar refractivity (Wildman–Crippen MR) is 58.8 cm³/mol. The lowest BCUT2D eigenvalue weighted by Gasteiger charge is -2.06. The van der Waals surface area contributed by atoms with Gasteiger partial charge in [-0.2, -0.15) is 0 Å². The summed E-state index contributed by atoms with van der Waals surface area (Å²) in [6.07, 6.45) is -0.628. The molecule has 15 heavy (non-hydrogen) atoms. The molecule has 1 atom stereocenters. The lowest BCUT2D eigenvalue weighted by Crippen LogP contribution is -2.11. The van der Waals surface area contributed by atoms with Crippen LogP contribution in [0.15, 0.2) is 29.8 Å². The van der Waals surface area contributed by atoms with Crippen LogP contribution >= 0.6 is 11.6 Å². The standard InChI is InChI=1S/C10H13ClFNO2/c1-4-8(11)13-9(12)6-7(3)10(14)15-5-2/h4,9H,1,3,5-6H2,2H3/b13-8+. The van der Waals surface area contributed by atoms with Crippen LogP contribution in [0.1, 0.15) is 13.3 Å². The minimum atomic E-state index is -1.60. The molecule has 0 saturated heterocycles. The number of nitrogens with zero attached hydrogens (tertiary/aromatic N) is 1. The van der Waals surface area contributed by atoms with Gasteiger partial charge in [-0.1, -0.05) is 24.8 Å². The molecule has 84 valence electrons. The smallest absolute Gasteiger partial charge is 0.333 e. The highest BCUT2D eigenvalue weighted by atomic mass is 35.5. The number of allylic oxidation sites excluding steroid dienone is 1. The van der Waals surface area contributed by atoms with Gasteiger partial charge in [-0.15, -0.1) is 0 Å². The average Bonchev–Trinajstić information content (AvgIpc) is 2.17. The summed E-state index contributed by atoms with van der Waals surface area (Å²) in [5.74, 6) is -0.620. The zero-order valence-corrected chi connectivity index (χ0v) is 9.26. The summed E-state index contributed by atoms with van der Waals surface area (Å²) in [7, 11) is 0. The lowest BCUT2D eigenvalue weighted by atomic mass is 10.2. The Balaban J connectivity index is 4.18. The SMILES string of the molecule is C=C/C(Cl)=N\C(F)CC(=C)C(=O)OCC. The van der Waals surface area contributed by atoms with Crippen LogP contribution in [0.4, 0.5) is 4.39 Å². The van der Waals surface area contributed by atoms with Gasteiger partial charge in [0.25, 0.3) is 0 Å². The van der Waals surface area contributed by atoms with Crippen molar-refractivity contribution in [1.82, 2.24) is 0 Å². The molecule has 0 aliphatic carbocycles. The first kappa shape index (κ1) is 13.8. The number of carbonyl (C=O) groups is 1. The maximum atomic E-state index is 13.1. The van der Waals surface area contributed by atoms with E-state index in [2.05, 4.69) is 22.9 Å². The summed E-state index contributed by atoms with van der Waals surface area (Å²) in [4.78, 5) is 14.5. The largest absolute Gasteiger partial charge is 0.463 e. The van der Waals surface area contributed by atoms with Crippen molar-refractivity contribution in [1.29, 1.82) is 0 Å². The van der Waals surface area contributed by atoms with Crippen molar-refractivity contribution < 1.29 is 13.9 Å². The third-order valence-electron chi connectivity index (χ3n) is 1.41. The van der Waals surface area contributed by atoms with Gasteiger partial charge in [-0.25, -0.2) is 14.2 Å². The van der Waals surface area contributed by atoms with E-state index in [4.69, 9.17) is 11.6 Å². The summed E-state index contributed by atoms with van der Waals surface area (Å²) >= 11 is 5.43. The molecule has 0 bridgehead atoms. The van der Waals surface area contributed by atoms with Crippen molar-refractivity contribution in [2.75, 3.05) is 6.61 Å². The van der Waals surface area contributed by atoms with Crippen molar-refractivity contribution in [3.63, 3.8) is 0 Å². The molecule has 0 saturated carbocycles. The van der Waals surface area contributed by atoms with E-state index in [1.54, 1.807) is 6.92 Å². The van der Waals surface area contributed by atoms with Gasteiger partial charge < -0.3 is 4.74 Å². The molecule has 3 nitrogen and oxygen atoms in total. The topological polar surface area (TPSA) is 38.7 Å². The number of alkyl halides is 1. The average molecular weight is 234 g/mol. The van der Waals surface area contributed by atoms with Crippen LogP contribution < -0.4 is 0 Å². The number of rotatable bonds is 6. The second kappa shape index (κ2) is 7.17. The molecule has 0 radical (unpaired) electrons. The number of halogens is 2. The van der Waals surface area contributed by atoms with Crippen LogP contribution in [0.3, 0.4) is 0 Å². The number of ether oxygens (including phenoxy) is 1. The molecular formula is C10H13ClFNO2. The highest BCUT2D eigenvalue weighted by Gasteiger charge is 2.13. The molecule has 0 N–H and O–H groups in total. The van der Waals surface area contributed by atoms with Gasteiger partial charge >= 0.3 is 5.97 Å². The Hall–Kier alpha value is -1.16. The van der Waals surface area contributed by atoms with Gasteiger partial charge in [-0.05, 0) is 13.0 Å². The minimum absolute atomic E-state index is 0.0293. The summed E-state index contributed by atoms with van der Waals surface area (Å²) in [5, 5.41) is -0.0424. The van der Waals surface area contributed by atoms with Crippen LogP contribution in [-0.2, 0) is 9.53 Å². The fourth-order valence-electron chi connectivity index (χ4n) is 0.752. The Morgan fingerprint density at radius 1 is 1.73 bits per heavy atom. The van der Waals surface area contributed by atoms with Crippen molar-refractivity contribution in [3.8, 4) is 0 Å². The summed E-state index contributed by atoms with van der Waals surface area (Å²) in [6, 6.07) is 0. The van der Waals surface area contributed by atoms with Crippen molar-refractivity contribution in [2.24, 2.45) is 4.99 Å². The Kier molecular flexibility index (Phi) is 6.62. The van der Waals surface area contributed by atoms with E-state index in [0.717, 1.165) is 0 Å². The molecule has 0 aliphatic heterocycles. The maximum Gasteiger partial charge on any atom is 0.333 e. The van der Waals surface area contributed by atoms with E-state index in [1.807, 2.05) is 0 Å². The summed E-state index contributed by atoms with van der Waals surface area (Å²) < 4.78 is 17.7. The van der Waals surface area contributed by atoms with E-state index >= 15 is 0 Å². The molecule has 0 spiro atoms. The molecule has 1 unspecified atom stereocenters. The van der Waals surface area contributed by atoms with Crippen LogP contribution in [0.25, 0.3) is 0 Å². The van der Waals surface area contributed by atoms with Gasteiger partial charge in [0, 0.05) is 12.0 Å². The van der Waals surface area contributed by atoms with Crippen LogP contribution in [0.5, 0.6) is 0 Å². The van der Waals surface area contributed by atoms with Crippen LogP contribution in [0, 0.1) is 0 Å². The van der Waals surface area contributed by atoms with Gasteiger partial charge in [0.2, 0.25) is 0 Å². The number of hydrogen-bond acceptors (Lipinski definition) is 3. The second-order valence-electron chi connectivity index (χ2n) is 2.62. The first-order valence-electron chi connectivity index (χ1n) is 4.36. The molecule has 0 aromatic carbocycles. The third kappa shape index (κ3) is 6.01. The van der Waals surface area contributed by atoms with Gasteiger partial charge in [0.15, 0.2) is 6.30 Å². The zero-order chi connectivity index (χ0) is 11.8. The predicted octanol–water partition coefficient (Wildman–Crippen LogP) is 2.61. The van der Waals surface area contributed by atoms with E-state index in [0.29, 0.717) is 0 Å². The van der Waals surface area contributed by atoms with Gasteiger partial charge in [0.1, 0.15) is 5.17 Å². The first-order valence-corrected chi connectivity index (χ1v) is 4.73. The molecule has 0 aliphatic rings. The fourth-order valence-corrected chi connectivity index (χ4v) is 0.858. The van der Waals surface area contributed by atoms with E-state index in [-0.39, 0.29) is 23.8 Å². The Morgan fingerprint density at radius 2 is 2.33 bits per heavy atom. The lowest BCUT2D eigenvalue weighted by molar-refractivity contribution is -0.138. The first-order chi connectivity index (χ1) is 7.01. The van der Waals surface area contributed by atoms with Gasteiger partial charge in [-0.3, -0.25) is 0 Å². The van der Waals surface area contributed by atoms with Crippen molar-refractivity contribution >= 4 is 22.7 Å². The summed E-state index contributed by atoms with van der Waals surface area (Å²) in [5.41, 5.74) is 0.0293.